The molecule has 5 heterocycles. The van der Waals surface area contributed by atoms with E-state index < -0.39 is 21.6 Å². The van der Waals surface area contributed by atoms with E-state index in [1.807, 2.05) is 30.3 Å². The molecule has 8 nitrogen and oxygen atoms in total. The van der Waals surface area contributed by atoms with Gasteiger partial charge in [0.15, 0.2) is 0 Å². The third kappa shape index (κ3) is 6.20. The van der Waals surface area contributed by atoms with Crippen molar-refractivity contribution < 1.29 is 21.6 Å². The molecule has 0 amide bonds. The van der Waals surface area contributed by atoms with Crippen LogP contribution in [0.15, 0.2) is 73.3 Å². The molecular weight excluding hydrogens is 601 g/mol. The quantitative estimate of drug-likeness (QED) is 0.202. The highest BCUT2D eigenvalue weighted by atomic mass is 32.2. The predicted molar refractivity (Wildman–Crippen MR) is 168 cm³/mol. The van der Waals surface area contributed by atoms with Crippen LogP contribution in [0.5, 0.6) is 0 Å². The minimum Gasteiger partial charge on any atom is -0.352 e. The molecule has 0 radical (unpaired) electrons. The van der Waals surface area contributed by atoms with Crippen molar-refractivity contribution in [3.63, 3.8) is 0 Å². The lowest BCUT2D eigenvalue weighted by molar-refractivity contribution is 0.0115. The summed E-state index contributed by atoms with van der Waals surface area (Å²) in [5.74, 6) is -3.17. The Hall–Kier alpha value is -4.55. The number of likely N-dealkylation sites (tertiary alicyclic amines) is 1. The zero-order valence-corrected chi connectivity index (χ0v) is 25.1. The zero-order chi connectivity index (χ0) is 31.3. The Labute approximate surface area is 257 Å². The van der Waals surface area contributed by atoms with Gasteiger partial charge < -0.3 is 4.98 Å². The number of rotatable bonds is 8. The molecule has 0 unspecified atom stereocenters. The lowest BCUT2D eigenvalue weighted by Crippen LogP contribution is -2.24. The van der Waals surface area contributed by atoms with Gasteiger partial charge in [-0.2, -0.15) is 5.10 Å². The smallest absolute Gasteiger partial charge is 0.261 e. The van der Waals surface area contributed by atoms with Crippen LogP contribution in [0.4, 0.5) is 13.2 Å². The number of H-pyrrole nitrogens is 2. The van der Waals surface area contributed by atoms with Crippen LogP contribution in [0.3, 0.4) is 0 Å². The molecular formula is C33H29F3N6O2S. The molecule has 0 atom stereocenters. The van der Waals surface area contributed by atoms with E-state index in [9.17, 15) is 21.6 Å². The predicted octanol–water partition coefficient (Wildman–Crippen LogP) is 6.40. The van der Waals surface area contributed by atoms with Crippen LogP contribution in [0.2, 0.25) is 0 Å². The summed E-state index contributed by atoms with van der Waals surface area (Å²) in [7, 11) is -3.20. The summed E-state index contributed by atoms with van der Waals surface area (Å²) in [5, 5.41) is 9.36. The highest BCUT2D eigenvalue weighted by molar-refractivity contribution is 7.90. The number of aromatic amines is 2. The molecule has 0 bridgehead atoms. The first-order chi connectivity index (χ1) is 21.5. The first-order valence-corrected chi connectivity index (χ1v) is 16.5. The maximum absolute atomic E-state index is 14.6. The van der Waals surface area contributed by atoms with E-state index in [0.717, 1.165) is 50.4 Å². The van der Waals surface area contributed by atoms with Gasteiger partial charge in [0, 0.05) is 66.3 Å². The second-order valence-electron chi connectivity index (χ2n) is 11.8. The van der Waals surface area contributed by atoms with Gasteiger partial charge in [0.1, 0.15) is 21.3 Å². The van der Waals surface area contributed by atoms with Gasteiger partial charge >= 0.3 is 0 Å². The van der Waals surface area contributed by atoms with Crippen molar-refractivity contribution in [3.8, 4) is 33.6 Å². The second kappa shape index (κ2) is 11.1. The number of benzene rings is 2. The molecule has 1 fully saturated rings. The van der Waals surface area contributed by atoms with Crippen molar-refractivity contribution in [1.82, 2.24) is 30.0 Å². The molecule has 12 heteroatoms. The Kier molecular flexibility index (Phi) is 7.20. The summed E-state index contributed by atoms with van der Waals surface area (Å²) in [4.78, 5) is 13.9. The summed E-state index contributed by atoms with van der Waals surface area (Å²) >= 11 is 0. The summed E-state index contributed by atoms with van der Waals surface area (Å²) in [6, 6.07) is 14.4. The molecule has 45 heavy (non-hydrogen) atoms. The largest absolute Gasteiger partial charge is 0.352 e. The fourth-order valence-corrected chi connectivity index (χ4v) is 6.60. The lowest BCUT2D eigenvalue weighted by Gasteiger charge is -2.15. The van der Waals surface area contributed by atoms with Crippen molar-refractivity contribution in [2.24, 2.45) is 0 Å². The Morgan fingerprint density at radius 1 is 0.889 bits per heavy atom. The fraction of sp³-hybridized carbons (Fsp3) is 0.242. The Morgan fingerprint density at radius 3 is 2.51 bits per heavy atom. The van der Waals surface area contributed by atoms with Crippen molar-refractivity contribution in [3.05, 3.63) is 90.3 Å². The lowest BCUT2D eigenvalue weighted by atomic mass is 10.00. The van der Waals surface area contributed by atoms with E-state index in [0.29, 0.717) is 35.5 Å². The highest BCUT2D eigenvalue weighted by Gasteiger charge is 2.37. The number of hydrogen-bond acceptors (Lipinski definition) is 6. The molecule has 1 saturated heterocycles. The van der Waals surface area contributed by atoms with Gasteiger partial charge in [-0.15, -0.1) is 0 Å². The van der Waals surface area contributed by atoms with Crippen molar-refractivity contribution >= 4 is 31.6 Å². The molecule has 2 aromatic carbocycles. The number of hydrogen-bond donors (Lipinski definition) is 2. The molecule has 0 spiro atoms. The van der Waals surface area contributed by atoms with Crippen LogP contribution in [0.1, 0.15) is 17.5 Å². The third-order valence-corrected chi connectivity index (χ3v) is 9.12. The zero-order valence-electron chi connectivity index (χ0n) is 24.3. The monoisotopic (exact) mass is 630 g/mol. The van der Waals surface area contributed by atoms with Crippen LogP contribution in [0.25, 0.3) is 55.4 Å². The van der Waals surface area contributed by atoms with Crippen LogP contribution < -0.4 is 0 Å². The molecule has 1 aliphatic rings. The number of aromatic nitrogens is 5. The van der Waals surface area contributed by atoms with Gasteiger partial charge in [-0.05, 0) is 65.1 Å². The minimum atomic E-state index is -3.20. The Bertz CT molecular complexity index is 2180. The normalized spacial score (nSPS) is 15.4. The fourth-order valence-electron chi connectivity index (χ4n) is 5.99. The number of nitrogens with zero attached hydrogens (tertiary/aromatic N) is 4. The van der Waals surface area contributed by atoms with E-state index in [1.54, 1.807) is 35.8 Å². The standard InChI is InChI=1S/C33H29F3N6O2S/c1-45(43,44)7-4-20-8-23(11-25(34)10-20)28-16-38-17-31-26(28)13-30(39-31)32-27-12-22(2-3-29(27)40-41-32)24-9-21(14-37-15-24)18-42-6-5-33(35,36)19-42/h2-3,8-17,39H,4-7,18-19H2,1H3,(H,40,41). The number of nitrogens with one attached hydrogen (secondary N) is 2. The van der Waals surface area contributed by atoms with E-state index in [-0.39, 0.29) is 25.1 Å². The number of halogens is 3. The van der Waals surface area contributed by atoms with Crippen LogP contribution >= 0.6 is 0 Å². The maximum Gasteiger partial charge on any atom is 0.261 e. The molecule has 1 aliphatic heterocycles. The van der Waals surface area contributed by atoms with Crippen LogP contribution in [0, 0.1) is 5.82 Å². The number of sulfone groups is 1. The minimum absolute atomic E-state index is 0.0708. The SMILES string of the molecule is CS(=O)(=O)CCc1cc(F)cc(-c2cncc3[nH]c(-c4n[nH]c5ccc(-c6cncc(CN7CCC(F)(F)C7)c6)cc45)cc23)c1. The maximum atomic E-state index is 14.6. The van der Waals surface area contributed by atoms with Crippen molar-refractivity contribution in [2.45, 2.75) is 25.3 Å². The molecule has 230 valence electrons. The highest BCUT2D eigenvalue weighted by Crippen LogP contribution is 2.36. The van der Waals surface area contributed by atoms with Gasteiger partial charge in [-0.3, -0.25) is 20.0 Å². The summed E-state index contributed by atoms with van der Waals surface area (Å²) in [6.07, 6.45) is 8.08. The second-order valence-corrected chi connectivity index (χ2v) is 14.1. The third-order valence-electron chi connectivity index (χ3n) is 8.18. The summed E-state index contributed by atoms with van der Waals surface area (Å²) < 4.78 is 65.4. The van der Waals surface area contributed by atoms with Gasteiger partial charge in [0.05, 0.1) is 35.2 Å². The molecule has 0 saturated carbocycles. The summed E-state index contributed by atoms with van der Waals surface area (Å²) in [5.41, 5.74) is 7.52. The number of aryl methyl sites for hydroxylation is 1. The molecule has 7 rings (SSSR count). The number of alkyl halides is 2. The van der Waals surface area contributed by atoms with E-state index in [1.165, 1.54) is 12.1 Å². The van der Waals surface area contributed by atoms with Crippen molar-refractivity contribution in [1.29, 1.82) is 0 Å². The van der Waals surface area contributed by atoms with E-state index in [4.69, 9.17) is 0 Å². The van der Waals surface area contributed by atoms with Gasteiger partial charge in [-0.1, -0.05) is 12.1 Å². The average molecular weight is 631 g/mol. The van der Waals surface area contributed by atoms with Gasteiger partial charge in [0.25, 0.3) is 5.92 Å². The Balaban J connectivity index is 1.22. The Morgan fingerprint density at radius 2 is 1.71 bits per heavy atom. The first-order valence-electron chi connectivity index (χ1n) is 14.5. The van der Waals surface area contributed by atoms with Crippen LogP contribution in [-0.4, -0.2) is 69.5 Å². The van der Waals surface area contributed by atoms with Crippen LogP contribution in [-0.2, 0) is 22.8 Å². The molecule has 6 aromatic rings. The summed E-state index contributed by atoms with van der Waals surface area (Å²) in [6.45, 7) is 0.519. The average Bonchev–Trinajstić information content (AvgIpc) is 3.71. The van der Waals surface area contributed by atoms with E-state index in [2.05, 4.69) is 25.1 Å². The number of pyridine rings is 2. The van der Waals surface area contributed by atoms with Crippen molar-refractivity contribution in [2.75, 3.05) is 25.1 Å². The molecule has 0 aliphatic carbocycles. The number of fused-ring (bicyclic) bond motifs is 2. The van der Waals surface area contributed by atoms with Gasteiger partial charge in [-0.25, -0.2) is 21.6 Å². The topological polar surface area (TPSA) is 108 Å². The first kappa shape index (κ1) is 29.2. The van der Waals surface area contributed by atoms with E-state index >= 15 is 0 Å². The molecule has 4 aromatic heterocycles. The molecule has 2 N–H and O–H groups in total. The van der Waals surface area contributed by atoms with Gasteiger partial charge in [0.2, 0.25) is 0 Å².